The molecule has 7 nitrogen and oxygen atoms in total. The molecule has 1 aliphatic heterocycles. The molecule has 0 aromatic heterocycles. The van der Waals surface area contributed by atoms with Gasteiger partial charge < -0.3 is 13.8 Å². The van der Waals surface area contributed by atoms with E-state index >= 15 is 0 Å². The number of rotatable bonds is 8. The lowest BCUT2D eigenvalue weighted by atomic mass is 9.63. The number of allylic oxidation sites excluding steroid dienone is 4. The van der Waals surface area contributed by atoms with Gasteiger partial charge in [-0.3, -0.25) is 9.59 Å². The average Bonchev–Trinajstić information content (AvgIpc) is 2.89. The summed E-state index contributed by atoms with van der Waals surface area (Å²) in [5, 5.41) is 0. The van der Waals surface area contributed by atoms with Gasteiger partial charge in [-0.25, -0.2) is 0 Å². The summed E-state index contributed by atoms with van der Waals surface area (Å²) in [6.07, 6.45) is 3.17. The van der Waals surface area contributed by atoms with Gasteiger partial charge in [-0.05, 0) is 73.8 Å². The van der Waals surface area contributed by atoms with Gasteiger partial charge in [0.1, 0.15) is 4.90 Å². The third-order valence-corrected chi connectivity index (χ3v) is 9.83. The summed E-state index contributed by atoms with van der Waals surface area (Å²) < 4.78 is 37.8. The van der Waals surface area contributed by atoms with Gasteiger partial charge in [-0.15, -0.1) is 0 Å². The van der Waals surface area contributed by atoms with E-state index in [1.54, 1.807) is 30.3 Å². The topological polar surface area (TPSA) is 90.0 Å². The van der Waals surface area contributed by atoms with Crippen LogP contribution >= 0.6 is 0 Å². The van der Waals surface area contributed by atoms with Gasteiger partial charge in [0.2, 0.25) is 0 Å². The Hall–Kier alpha value is -3.39. The highest BCUT2D eigenvalue weighted by Crippen LogP contribution is 2.55. The van der Waals surface area contributed by atoms with E-state index < -0.39 is 16.0 Å². The van der Waals surface area contributed by atoms with Gasteiger partial charge >= 0.3 is 10.1 Å². The molecule has 0 saturated heterocycles. The average molecular weight is 606 g/mol. The van der Waals surface area contributed by atoms with Crippen LogP contribution in [0.2, 0.25) is 0 Å². The Morgan fingerprint density at radius 1 is 0.814 bits per heavy atom. The van der Waals surface area contributed by atoms with Gasteiger partial charge in [0.15, 0.2) is 23.1 Å². The molecule has 0 fully saturated rings. The first kappa shape index (κ1) is 31.0. The Kier molecular flexibility index (Phi) is 8.14. The molecule has 5 rings (SSSR count). The van der Waals surface area contributed by atoms with Gasteiger partial charge in [0.05, 0.1) is 6.61 Å². The maximum absolute atomic E-state index is 14.0. The van der Waals surface area contributed by atoms with Crippen molar-refractivity contribution < 1.29 is 26.9 Å². The normalized spacial score (nSPS) is 20.2. The minimum absolute atomic E-state index is 0.0448. The quantitative estimate of drug-likeness (QED) is 0.293. The number of benzene rings is 2. The number of ketones is 2. The minimum atomic E-state index is -4.12. The molecule has 0 N–H and O–H groups in total. The number of nitrogens with zero attached hydrogens (tertiary/aromatic N) is 1. The summed E-state index contributed by atoms with van der Waals surface area (Å²) in [7, 11) is -4.12. The van der Waals surface area contributed by atoms with Gasteiger partial charge in [0, 0.05) is 47.8 Å². The fourth-order valence-corrected chi connectivity index (χ4v) is 7.73. The van der Waals surface area contributed by atoms with Crippen LogP contribution in [0.15, 0.2) is 69.9 Å². The molecule has 0 saturated carbocycles. The van der Waals surface area contributed by atoms with Crippen molar-refractivity contribution in [3.8, 4) is 11.5 Å². The molecule has 0 spiro atoms. The number of Topliss-reactive ketones (excluding diaryl/α,β-unsaturated/α-hetero) is 2. The summed E-state index contributed by atoms with van der Waals surface area (Å²) in [4.78, 5) is 30.3. The standard InChI is InChI=1S/C35H43NO6S/c1-8-16-36-25-18-34(4,5)20-27(37)32(25)31(33-26(36)19-35(6,7)21-28(33)38)23-12-15-29(30(17-23)41-9-2)42-43(39,40)24-13-10-22(3)11-14-24/h10-15,17,31H,8-9,16,18-21H2,1-7H3. The highest BCUT2D eigenvalue weighted by molar-refractivity contribution is 7.87. The Balaban J connectivity index is 1.67. The molecule has 0 atom stereocenters. The van der Waals surface area contributed by atoms with Gasteiger partial charge in [-0.2, -0.15) is 8.42 Å². The summed E-state index contributed by atoms with van der Waals surface area (Å²) in [6.45, 7) is 15.3. The number of ether oxygens (including phenoxy) is 1. The summed E-state index contributed by atoms with van der Waals surface area (Å²) in [6, 6.07) is 11.6. The van der Waals surface area contributed by atoms with Crippen LogP contribution < -0.4 is 8.92 Å². The molecule has 1 heterocycles. The van der Waals surface area contributed by atoms with E-state index in [9.17, 15) is 18.0 Å². The van der Waals surface area contributed by atoms with Crippen molar-refractivity contribution in [3.05, 3.63) is 76.1 Å². The van der Waals surface area contributed by atoms with E-state index in [0.29, 0.717) is 24.0 Å². The predicted octanol–water partition coefficient (Wildman–Crippen LogP) is 7.26. The summed E-state index contributed by atoms with van der Waals surface area (Å²) >= 11 is 0. The van der Waals surface area contributed by atoms with Crippen LogP contribution in [0.4, 0.5) is 0 Å². The Morgan fingerprint density at radius 3 is 1.88 bits per heavy atom. The van der Waals surface area contributed by atoms with Crippen LogP contribution in [0.25, 0.3) is 0 Å². The number of hydrogen-bond donors (Lipinski definition) is 0. The van der Waals surface area contributed by atoms with Crippen LogP contribution in [0.5, 0.6) is 11.5 Å². The number of carbonyl (C=O) groups is 2. The van der Waals surface area contributed by atoms with Crippen molar-refractivity contribution >= 4 is 21.7 Å². The van der Waals surface area contributed by atoms with Crippen LogP contribution in [0, 0.1) is 17.8 Å². The highest BCUT2D eigenvalue weighted by Gasteiger charge is 2.49. The smallest absolute Gasteiger partial charge is 0.339 e. The molecular formula is C35H43NO6S. The van der Waals surface area contributed by atoms with Crippen molar-refractivity contribution in [2.24, 2.45) is 10.8 Å². The van der Waals surface area contributed by atoms with E-state index in [2.05, 4.69) is 39.5 Å². The van der Waals surface area contributed by atoms with Crippen LogP contribution in [0.1, 0.15) is 90.7 Å². The molecule has 43 heavy (non-hydrogen) atoms. The zero-order valence-corrected chi connectivity index (χ0v) is 27.2. The molecule has 0 bridgehead atoms. The predicted molar refractivity (Wildman–Crippen MR) is 166 cm³/mol. The zero-order valence-electron chi connectivity index (χ0n) is 26.4. The number of carbonyl (C=O) groups excluding carboxylic acids is 2. The Labute approximate surface area is 256 Å². The van der Waals surface area contributed by atoms with Crippen molar-refractivity contribution in [1.29, 1.82) is 0 Å². The molecular weight excluding hydrogens is 562 g/mol. The Morgan fingerprint density at radius 2 is 1.37 bits per heavy atom. The summed E-state index contributed by atoms with van der Waals surface area (Å²) in [5.41, 5.74) is 4.66. The monoisotopic (exact) mass is 605 g/mol. The lowest BCUT2D eigenvalue weighted by molar-refractivity contribution is -0.119. The van der Waals surface area contributed by atoms with E-state index in [4.69, 9.17) is 8.92 Å². The van der Waals surface area contributed by atoms with Crippen LogP contribution in [0.3, 0.4) is 0 Å². The lowest BCUT2D eigenvalue weighted by Gasteiger charge is -2.49. The largest absolute Gasteiger partial charge is 0.490 e. The summed E-state index contributed by atoms with van der Waals surface area (Å²) in [5.74, 6) is -0.121. The SMILES string of the molecule is CCCN1C2=C(C(=O)CC(C)(C)C2)C(c2ccc(OS(=O)(=O)c3ccc(C)cc3)c(OCC)c2)C2=C1CC(C)(C)CC2=O. The second-order valence-corrected chi connectivity index (χ2v) is 15.2. The second kappa shape index (κ2) is 11.3. The molecule has 0 unspecified atom stereocenters. The number of aryl methyl sites for hydroxylation is 1. The molecule has 0 amide bonds. The first-order chi connectivity index (χ1) is 20.2. The minimum Gasteiger partial charge on any atom is -0.490 e. The second-order valence-electron chi connectivity index (χ2n) is 13.7. The third kappa shape index (κ3) is 6.03. The van der Waals surface area contributed by atoms with Gasteiger partial charge in [0.25, 0.3) is 0 Å². The maximum atomic E-state index is 14.0. The molecule has 2 aromatic rings. The van der Waals surface area contributed by atoms with E-state index in [1.807, 2.05) is 13.8 Å². The number of hydrogen-bond acceptors (Lipinski definition) is 7. The van der Waals surface area contributed by atoms with E-state index in [-0.39, 0.29) is 45.4 Å². The first-order valence-corrected chi connectivity index (χ1v) is 16.6. The highest BCUT2D eigenvalue weighted by atomic mass is 32.2. The van der Waals surface area contributed by atoms with Crippen molar-refractivity contribution in [3.63, 3.8) is 0 Å². The first-order valence-electron chi connectivity index (χ1n) is 15.2. The zero-order chi connectivity index (χ0) is 31.3. The molecule has 2 aromatic carbocycles. The van der Waals surface area contributed by atoms with E-state index in [1.165, 1.54) is 12.1 Å². The molecule has 230 valence electrons. The lowest BCUT2D eigenvalue weighted by Crippen LogP contribution is -2.44. The van der Waals surface area contributed by atoms with Crippen molar-refractivity contribution in [1.82, 2.24) is 4.90 Å². The molecule has 2 aliphatic carbocycles. The molecule has 3 aliphatic rings. The van der Waals surface area contributed by atoms with Crippen molar-refractivity contribution in [2.75, 3.05) is 13.2 Å². The fraction of sp³-hybridized carbons (Fsp3) is 0.486. The van der Waals surface area contributed by atoms with E-state index in [0.717, 1.165) is 48.3 Å². The van der Waals surface area contributed by atoms with Gasteiger partial charge in [-0.1, -0.05) is 58.4 Å². The fourth-order valence-electron chi connectivity index (χ4n) is 6.79. The Bertz CT molecular complexity index is 1570. The molecule has 8 heteroatoms. The molecule has 0 radical (unpaired) electrons. The third-order valence-electron chi connectivity index (χ3n) is 8.58. The van der Waals surface area contributed by atoms with Crippen LogP contribution in [-0.4, -0.2) is 38.0 Å². The van der Waals surface area contributed by atoms with Crippen molar-refractivity contribution in [2.45, 2.75) is 91.4 Å². The van der Waals surface area contributed by atoms with Crippen LogP contribution in [-0.2, 0) is 19.7 Å². The maximum Gasteiger partial charge on any atom is 0.339 e.